The lowest BCUT2D eigenvalue weighted by Gasteiger charge is -2.11. The van der Waals surface area contributed by atoms with Gasteiger partial charge < -0.3 is 15.5 Å². The van der Waals surface area contributed by atoms with Crippen molar-refractivity contribution in [1.29, 1.82) is 0 Å². The van der Waals surface area contributed by atoms with E-state index in [-0.39, 0.29) is 12.0 Å². The van der Waals surface area contributed by atoms with Gasteiger partial charge in [0.15, 0.2) is 0 Å². The van der Waals surface area contributed by atoms with E-state index in [1.165, 1.54) is 0 Å². The van der Waals surface area contributed by atoms with Gasteiger partial charge in [-0.25, -0.2) is 4.98 Å². The highest BCUT2D eigenvalue weighted by molar-refractivity contribution is 5.92. The predicted molar refractivity (Wildman–Crippen MR) is 54.2 cm³/mol. The SMILES string of the molecule is NCC1CCC(C(=O)Nc2ncc[nH]2)O1. The molecule has 1 aliphatic heterocycles. The minimum absolute atomic E-state index is 0.0114. The molecule has 1 aromatic heterocycles. The molecule has 0 aromatic carbocycles. The number of ether oxygens (including phenoxy) is 1. The zero-order valence-corrected chi connectivity index (χ0v) is 8.27. The van der Waals surface area contributed by atoms with Gasteiger partial charge >= 0.3 is 0 Å². The van der Waals surface area contributed by atoms with Crippen molar-refractivity contribution in [3.8, 4) is 0 Å². The number of nitrogens with one attached hydrogen (secondary N) is 2. The van der Waals surface area contributed by atoms with E-state index in [1.807, 2.05) is 0 Å². The van der Waals surface area contributed by atoms with Crippen molar-refractivity contribution >= 4 is 11.9 Å². The number of nitrogens with two attached hydrogens (primary N) is 1. The first-order valence-electron chi connectivity index (χ1n) is 4.95. The van der Waals surface area contributed by atoms with Crippen LogP contribution < -0.4 is 11.1 Å². The Kier molecular flexibility index (Phi) is 2.98. The van der Waals surface area contributed by atoms with E-state index in [1.54, 1.807) is 12.4 Å². The highest BCUT2D eigenvalue weighted by atomic mass is 16.5. The third kappa shape index (κ3) is 2.34. The van der Waals surface area contributed by atoms with Crippen molar-refractivity contribution in [1.82, 2.24) is 9.97 Å². The first-order chi connectivity index (χ1) is 7.29. The van der Waals surface area contributed by atoms with Gasteiger partial charge in [0.25, 0.3) is 5.91 Å². The first-order valence-corrected chi connectivity index (χ1v) is 4.95. The molecule has 0 saturated carbocycles. The Labute approximate surface area is 87.2 Å². The van der Waals surface area contributed by atoms with Crippen LogP contribution in [-0.2, 0) is 9.53 Å². The average molecular weight is 210 g/mol. The third-order valence-corrected chi connectivity index (χ3v) is 2.40. The van der Waals surface area contributed by atoms with Crippen LogP contribution in [0.4, 0.5) is 5.95 Å². The number of amides is 1. The van der Waals surface area contributed by atoms with Crippen molar-refractivity contribution in [2.24, 2.45) is 5.73 Å². The molecule has 0 bridgehead atoms. The Hall–Kier alpha value is -1.40. The largest absolute Gasteiger partial charge is 0.364 e. The summed E-state index contributed by atoms with van der Waals surface area (Å²) < 4.78 is 5.44. The van der Waals surface area contributed by atoms with Crippen LogP contribution in [0.25, 0.3) is 0 Å². The van der Waals surface area contributed by atoms with E-state index in [0.29, 0.717) is 18.9 Å². The predicted octanol–water partition coefficient (Wildman–Crippen LogP) is -0.146. The highest BCUT2D eigenvalue weighted by Crippen LogP contribution is 2.19. The molecular weight excluding hydrogens is 196 g/mol. The van der Waals surface area contributed by atoms with Gasteiger partial charge in [-0.05, 0) is 12.8 Å². The molecule has 4 N–H and O–H groups in total. The normalized spacial score (nSPS) is 25.4. The molecule has 6 nitrogen and oxygen atoms in total. The fourth-order valence-corrected chi connectivity index (χ4v) is 1.60. The first kappa shape index (κ1) is 10.1. The van der Waals surface area contributed by atoms with Crippen LogP contribution in [-0.4, -0.2) is 34.6 Å². The zero-order valence-electron chi connectivity index (χ0n) is 8.27. The van der Waals surface area contributed by atoms with Crippen LogP contribution >= 0.6 is 0 Å². The molecule has 2 atom stereocenters. The maximum absolute atomic E-state index is 11.6. The Morgan fingerprint density at radius 3 is 3.20 bits per heavy atom. The maximum Gasteiger partial charge on any atom is 0.255 e. The summed E-state index contributed by atoms with van der Waals surface area (Å²) in [5.41, 5.74) is 5.46. The number of H-pyrrole nitrogens is 1. The number of carbonyl (C=O) groups is 1. The van der Waals surface area contributed by atoms with Crippen molar-refractivity contribution in [3.05, 3.63) is 12.4 Å². The van der Waals surface area contributed by atoms with Gasteiger partial charge in [0.1, 0.15) is 6.10 Å². The lowest BCUT2D eigenvalue weighted by Crippen LogP contribution is -2.30. The monoisotopic (exact) mass is 210 g/mol. The highest BCUT2D eigenvalue weighted by Gasteiger charge is 2.30. The van der Waals surface area contributed by atoms with E-state index in [0.717, 1.165) is 6.42 Å². The summed E-state index contributed by atoms with van der Waals surface area (Å²) in [5.74, 6) is 0.278. The van der Waals surface area contributed by atoms with E-state index in [9.17, 15) is 4.79 Å². The van der Waals surface area contributed by atoms with Crippen molar-refractivity contribution in [2.75, 3.05) is 11.9 Å². The molecule has 1 aliphatic rings. The number of aromatic amines is 1. The molecule has 0 spiro atoms. The molecule has 1 amide bonds. The van der Waals surface area contributed by atoms with Gasteiger partial charge in [0, 0.05) is 18.9 Å². The van der Waals surface area contributed by atoms with Gasteiger partial charge in [-0.15, -0.1) is 0 Å². The molecule has 2 unspecified atom stereocenters. The summed E-state index contributed by atoms with van der Waals surface area (Å²) in [5, 5.41) is 2.64. The quantitative estimate of drug-likeness (QED) is 0.647. The van der Waals surface area contributed by atoms with Gasteiger partial charge in [-0.1, -0.05) is 0 Å². The second kappa shape index (κ2) is 4.41. The number of aromatic nitrogens is 2. The maximum atomic E-state index is 11.6. The Morgan fingerprint density at radius 1 is 1.73 bits per heavy atom. The second-order valence-corrected chi connectivity index (χ2v) is 3.49. The zero-order chi connectivity index (χ0) is 10.7. The lowest BCUT2D eigenvalue weighted by molar-refractivity contribution is -0.126. The minimum Gasteiger partial charge on any atom is -0.364 e. The van der Waals surface area contributed by atoms with Crippen molar-refractivity contribution < 1.29 is 9.53 Å². The smallest absolute Gasteiger partial charge is 0.255 e. The van der Waals surface area contributed by atoms with Crippen LogP contribution in [0.1, 0.15) is 12.8 Å². The minimum atomic E-state index is -0.399. The number of hydrogen-bond acceptors (Lipinski definition) is 4. The molecule has 2 heterocycles. The summed E-state index contributed by atoms with van der Waals surface area (Å²) in [6, 6.07) is 0. The number of hydrogen-bond donors (Lipinski definition) is 3. The van der Waals surface area contributed by atoms with Crippen molar-refractivity contribution in [2.45, 2.75) is 25.0 Å². The third-order valence-electron chi connectivity index (χ3n) is 2.40. The fraction of sp³-hybridized carbons (Fsp3) is 0.556. The molecule has 2 rings (SSSR count). The lowest BCUT2D eigenvalue weighted by atomic mass is 10.2. The summed E-state index contributed by atoms with van der Waals surface area (Å²) in [7, 11) is 0. The number of anilines is 1. The standard InChI is InChI=1S/C9H14N4O2/c10-5-6-1-2-7(15-6)8(14)13-9-11-3-4-12-9/h3-4,6-7H,1-2,5,10H2,(H2,11,12,13,14). The average Bonchev–Trinajstić information content (AvgIpc) is 2.86. The molecule has 15 heavy (non-hydrogen) atoms. The number of nitrogens with zero attached hydrogens (tertiary/aromatic N) is 1. The van der Waals surface area contributed by atoms with Crippen LogP contribution in [0, 0.1) is 0 Å². The number of rotatable bonds is 3. The molecule has 1 aromatic rings. The molecule has 1 fully saturated rings. The van der Waals surface area contributed by atoms with Crippen LogP contribution in [0.15, 0.2) is 12.4 Å². The molecular formula is C9H14N4O2. The molecule has 82 valence electrons. The van der Waals surface area contributed by atoms with Crippen LogP contribution in [0.3, 0.4) is 0 Å². The summed E-state index contributed by atoms with van der Waals surface area (Å²) in [4.78, 5) is 18.3. The second-order valence-electron chi connectivity index (χ2n) is 3.49. The van der Waals surface area contributed by atoms with Gasteiger partial charge in [0.05, 0.1) is 6.10 Å². The Morgan fingerprint density at radius 2 is 2.60 bits per heavy atom. The van der Waals surface area contributed by atoms with Crippen LogP contribution in [0.5, 0.6) is 0 Å². The number of imidazole rings is 1. The van der Waals surface area contributed by atoms with Crippen molar-refractivity contribution in [3.63, 3.8) is 0 Å². The van der Waals surface area contributed by atoms with E-state index < -0.39 is 6.10 Å². The summed E-state index contributed by atoms with van der Waals surface area (Å²) >= 11 is 0. The molecule has 0 radical (unpaired) electrons. The van der Waals surface area contributed by atoms with Gasteiger partial charge in [-0.2, -0.15) is 0 Å². The Balaban J connectivity index is 1.87. The van der Waals surface area contributed by atoms with E-state index in [4.69, 9.17) is 10.5 Å². The molecule has 1 saturated heterocycles. The Bertz CT molecular complexity index is 325. The fourth-order valence-electron chi connectivity index (χ4n) is 1.60. The van der Waals surface area contributed by atoms with Gasteiger partial charge in [-0.3, -0.25) is 10.1 Å². The molecule has 6 heteroatoms. The topological polar surface area (TPSA) is 93.0 Å². The number of carbonyl (C=O) groups excluding carboxylic acids is 1. The van der Waals surface area contributed by atoms with E-state index >= 15 is 0 Å². The van der Waals surface area contributed by atoms with Gasteiger partial charge in [0.2, 0.25) is 5.95 Å². The summed E-state index contributed by atoms with van der Waals surface area (Å²) in [6.07, 6.45) is 4.39. The summed E-state index contributed by atoms with van der Waals surface area (Å²) in [6.45, 7) is 0.463. The van der Waals surface area contributed by atoms with Crippen LogP contribution in [0.2, 0.25) is 0 Å². The molecule has 0 aliphatic carbocycles. The van der Waals surface area contributed by atoms with E-state index in [2.05, 4.69) is 15.3 Å².